The molecule has 2 aliphatic carbocycles. The van der Waals surface area contributed by atoms with E-state index in [0.29, 0.717) is 11.3 Å². The first-order valence-corrected chi connectivity index (χ1v) is 12.3. The third kappa shape index (κ3) is 5.00. The van der Waals surface area contributed by atoms with E-state index in [0.717, 1.165) is 29.1 Å². The van der Waals surface area contributed by atoms with E-state index in [1.54, 1.807) is 7.11 Å². The first-order valence-electron chi connectivity index (χ1n) is 12.3. The van der Waals surface area contributed by atoms with E-state index in [1.807, 2.05) is 0 Å². The molecule has 168 valence electrons. The van der Waals surface area contributed by atoms with E-state index >= 15 is 0 Å². The van der Waals surface area contributed by atoms with E-state index < -0.39 is 0 Å². The van der Waals surface area contributed by atoms with Gasteiger partial charge in [0, 0.05) is 0 Å². The van der Waals surface area contributed by atoms with Gasteiger partial charge in [-0.05, 0) is 109 Å². The fraction of sp³-hybridized carbons (Fsp3) is 0.586. The SMILES string of the molecule is COc1ccc(C2CCC(C(C)(C)C3CCC(c4ccc(CO)cc4)CC3)CC2)cc1. The zero-order chi connectivity index (χ0) is 21.8. The minimum Gasteiger partial charge on any atom is -0.497 e. The Morgan fingerprint density at radius 3 is 1.52 bits per heavy atom. The highest BCUT2D eigenvalue weighted by Crippen LogP contribution is 2.52. The van der Waals surface area contributed by atoms with Gasteiger partial charge in [-0.2, -0.15) is 0 Å². The number of methoxy groups -OCH3 is 1. The summed E-state index contributed by atoms with van der Waals surface area (Å²) in [5.74, 6) is 4.08. The van der Waals surface area contributed by atoms with Gasteiger partial charge in [0.2, 0.25) is 0 Å². The summed E-state index contributed by atoms with van der Waals surface area (Å²) in [6.07, 6.45) is 10.7. The number of benzene rings is 2. The van der Waals surface area contributed by atoms with Crippen LogP contribution in [0.4, 0.5) is 0 Å². The van der Waals surface area contributed by atoms with Crippen LogP contribution < -0.4 is 4.74 Å². The van der Waals surface area contributed by atoms with Gasteiger partial charge in [0.05, 0.1) is 13.7 Å². The summed E-state index contributed by atoms with van der Waals surface area (Å²) < 4.78 is 5.32. The summed E-state index contributed by atoms with van der Waals surface area (Å²) in [4.78, 5) is 0. The first kappa shape index (κ1) is 22.4. The zero-order valence-electron chi connectivity index (χ0n) is 19.6. The molecule has 0 bridgehead atoms. The molecule has 2 heteroatoms. The average molecular weight is 421 g/mol. The number of ether oxygens (including phenoxy) is 1. The second-order valence-corrected chi connectivity index (χ2v) is 10.6. The molecule has 31 heavy (non-hydrogen) atoms. The summed E-state index contributed by atoms with van der Waals surface area (Å²) >= 11 is 0. The Morgan fingerprint density at radius 2 is 1.13 bits per heavy atom. The first-order chi connectivity index (χ1) is 15.0. The van der Waals surface area contributed by atoms with Crippen molar-refractivity contribution in [3.05, 3.63) is 65.2 Å². The number of aliphatic hydroxyl groups is 1. The highest BCUT2D eigenvalue weighted by atomic mass is 16.5. The number of rotatable bonds is 6. The molecule has 0 unspecified atom stereocenters. The lowest BCUT2D eigenvalue weighted by Gasteiger charge is -2.47. The molecule has 0 aliphatic heterocycles. The van der Waals surface area contributed by atoms with Gasteiger partial charge < -0.3 is 9.84 Å². The van der Waals surface area contributed by atoms with Crippen molar-refractivity contribution in [2.75, 3.05) is 7.11 Å². The van der Waals surface area contributed by atoms with Crippen LogP contribution in [0.15, 0.2) is 48.5 Å². The summed E-state index contributed by atoms with van der Waals surface area (Å²) in [6.45, 7) is 5.26. The molecular weight excluding hydrogens is 380 g/mol. The summed E-state index contributed by atoms with van der Waals surface area (Å²) in [5.41, 5.74) is 4.42. The molecule has 0 aromatic heterocycles. The highest BCUT2D eigenvalue weighted by Gasteiger charge is 2.40. The summed E-state index contributed by atoms with van der Waals surface area (Å²) in [6, 6.07) is 17.4. The Hall–Kier alpha value is -1.80. The smallest absolute Gasteiger partial charge is 0.118 e. The quantitative estimate of drug-likeness (QED) is 0.525. The van der Waals surface area contributed by atoms with Gasteiger partial charge in [0.25, 0.3) is 0 Å². The average Bonchev–Trinajstić information content (AvgIpc) is 2.84. The van der Waals surface area contributed by atoms with Crippen molar-refractivity contribution >= 4 is 0 Å². The highest BCUT2D eigenvalue weighted by molar-refractivity contribution is 5.30. The molecule has 0 saturated heterocycles. The van der Waals surface area contributed by atoms with Crippen LogP contribution in [0, 0.1) is 17.3 Å². The molecule has 2 aliphatic rings. The third-order valence-corrected chi connectivity index (χ3v) is 8.78. The predicted molar refractivity (Wildman–Crippen MR) is 129 cm³/mol. The molecule has 0 spiro atoms. The molecule has 2 nitrogen and oxygen atoms in total. The van der Waals surface area contributed by atoms with Crippen molar-refractivity contribution in [1.29, 1.82) is 0 Å². The van der Waals surface area contributed by atoms with Gasteiger partial charge in [0.15, 0.2) is 0 Å². The van der Waals surface area contributed by atoms with Gasteiger partial charge in [-0.3, -0.25) is 0 Å². The Balaban J connectivity index is 1.30. The summed E-state index contributed by atoms with van der Waals surface area (Å²) in [5, 5.41) is 9.28. The van der Waals surface area contributed by atoms with E-state index in [4.69, 9.17) is 4.74 Å². The fourth-order valence-electron chi connectivity index (χ4n) is 6.45. The van der Waals surface area contributed by atoms with E-state index in [1.165, 1.54) is 62.5 Å². The van der Waals surface area contributed by atoms with Gasteiger partial charge in [-0.25, -0.2) is 0 Å². The largest absolute Gasteiger partial charge is 0.497 e. The van der Waals surface area contributed by atoms with Gasteiger partial charge in [0.1, 0.15) is 5.75 Å². The van der Waals surface area contributed by atoms with Crippen LogP contribution >= 0.6 is 0 Å². The molecule has 2 aromatic rings. The number of aliphatic hydroxyl groups excluding tert-OH is 1. The maximum atomic E-state index is 9.28. The molecule has 0 amide bonds. The van der Waals surface area contributed by atoms with Crippen LogP contribution in [-0.4, -0.2) is 12.2 Å². The standard InChI is InChI=1S/C29H40O2/c1-29(2,26-14-8-23(9-15-26)22-6-4-21(20-30)5-7-22)27-16-10-24(11-17-27)25-12-18-28(31-3)19-13-25/h4-7,12-13,18-19,23-24,26-27,30H,8-11,14-17,20H2,1-3H3. The van der Waals surface area contributed by atoms with E-state index in [-0.39, 0.29) is 6.61 Å². The monoisotopic (exact) mass is 420 g/mol. The van der Waals surface area contributed by atoms with E-state index in [2.05, 4.69) is 62.4 Å². The van der Waals surface area contributed by atoms with Gasteiger partial charge in [-0.15, -0.1) is 0 Å². The lowest BCUT2D eigenvalue weighted by Crippen LogP contribution is -2.36. The number of hydrogen-bond acceptors (Lipinski definition) is 2. The Kier molecular flexibility index (Phi) is 7.06. The van der Waals surface area contributed by atoms with Gasteiger partial charge >= 0.3 is 0 Å². The minimum absolute atomic E-state index is 0.141. The fourth-order valence-corrected chi connectivity index (χ4v) is 6.45. The van der Waals surface area contributed by atoms with Crippen LogP contribution in [0.1, 0.15) is 93.7 Å². The Labute approximate surface area is 189 Å². The maximum absolute atomic E-state index is 9.28. The molecule has 0 radical (unpaired) electrons. The number of hydrogen-bond donors (Lipinski definition) is 1. The van der Waals surface area contributed by atoms with Gasteiger partial charge in [-0.1, -0.05) is 50.2 Å². The molecular formula is C29H40O2. The lowest BCUT2D eigenvalue weighted by molar-refractivity contribution is 0.0513. The van der Waals surface area contributed by atoms with Crippen molar-refractivity contribution in [3.8, 4) is 5.75 Å². The summed E-state index contributed by atoms with van der Waals surface area (Å²) in [7, 11) is 1.74. The Morgan fingerprint density at radius 1 is 0.710 bits per heavy atom. The van der Waals surface area contributed by atoms with Crippen LogP contribution in [-0.2, 0) is 6.61 Å². The molecule has 4 rings (SSSR count). The molecule has 2 aromatic carbocycles. The van der Waals surface area contributed by atoms with Crippen LogP contribution in [0.3, 0.4) is 0 Å². The lowest BCUT2D eigenvalue weighted by atomic mass is 9.58. The van der Waals surface area contributed by atoms with E-state index in [9.17, 15) is 5.11 Å². The van der Waals surface area contributed by atoms with Crippen LogP contribution in [0.2, 0.25) is 0 Å². The molecule has 0 atom stereocenters. The Bertz CT molecular complexity index is 735. The van der Waals surface area contributed by atoms with Crippen molar-refractivity contribution in [1.82, 2.24) is 0 Å². The molecule has 0 heterocycles. The second-order valence-electron chi connectivity index (χ2n) is 10.6. The van der Waals surface area contributed by atoms with Crippen molar-refractivity contribution < 1.29 is 9.84 Å². The minimum atomic E-state index is 0.141. The molecule has 2 fully saturated rings. The normalized spacial score (nSPS) is 27.1. The topological polar surface area (TPSA) is 29.5 Å². The van der Waals surface area contributed by atoms with Crippen molar-refractivity contribution in [2.24, 2.45) is 17.3 Å². The van der Waals surface area contributed by atoms with Crippen molar-refractivity contribution in [3.63, 3.8) is 0 Å². The zero-order valence-corrected chi connectivity index (χ0v) is 19.6. The van der Waals surface area contributed by atoms with Crippen molar-refractivity contribution in [2.45, 2.75) is 83.7 Å². The maximum Gasteiger partial charge on any atom is 0.118 e. The third-order valence-electron chi connectivity index (χ3n) is 8.78. The molecule has 2 saturated carbocycles. The second kappa shape index (κ2) is 9.77. The predicted octanol–water partition coefficient (Wildman–Crippen LogP) is 7.46. The molecule has 1 N–H and O–H groups in total. The van der Waals surface area contributed by atoms with Crippen LogP contribution in [0.25, 0.3) is 0 Å². The van der Waals surface area contributed by atoms with Crippen LogP contribution in [0.5, 0.6) is 5.75 Å².